The Bertz CT molecular complexity index is 1950. The Labute approximate surface area is 409 Å². The molecule has 1 aliphatic rings. The Balaban J connectivity index is 2.71. The number of cyclic esters (lactones) is 1. The fourth-order valence-corrected chi connectivity index (χ4v) is 7.60. The first-order valence-corrected chi connectivity index (χ1v) is 24.7. The summed E-state index contributed by atoms with van der Waals surface area (Å²) in [4.78, 5) is 126. The second-order valence-electron chi connectivity index (χ2n) is 19.8. The van der Waals surface area contributed by atoms with Gasteiger partial charge in [0, 0.05) is 12.8 Å². The van der Waals surface area contributed by atoms with Crippen molar-refractivity contribution in [2.45, 2.75) is 184 Å². The van der Waals surface area contributed by atoms with Gasteiger partial charge in [-0.05, 0) is 61.3 Å². The van der Waals surface area contributed by atoms with E-state index in [-0.39, 0.29) is 30.4 Å². The second kappa shape index (κ2) is 28.6. The molecule has 8 amide bonds. The van der Waals surface area contributed by atoms with Crippen LogP contribution in [0.1, 0.15) is 135 Å². The zero-order chi connectivity index (χ0) is 52.3. The number of ether oxygens (including phenoxy) is 1. The zero-order valence-electron chi connectivity index (χ0n) is 43.4. The molecule has 18 nitrogen and oxygen atoms in total. The van der Waals surface area contributed by atoms with Gasteiger partial charge in [0.25, 0.3) is 5.91 Å². The molecule has 18 heteroatoms. The highest BCUT2D eigenvalue weighted by atomic mass is 16.5. The first-order valence-electron chi connectivity index (χ1n) is 24.7. The molecular formula is C51H82N8O10. The number of carbonyl (C=O) groups excluding carboxylic acids is 9. The number of hydrogen-bond acceptors (Lipinski definition) is 10. The minimum atomic E-state index is -1.68. The summed E-state index contributed by atoms with van der Waals surface area (Å²) in [5.41, 5.74) is 0.467. The van der Waals surface area contributed by atoms with E-state index < -0.39 is 119 Å². The van der Waals surface area contributed by atoms with Crippen LogP contribution < -0.4 is 42.5 Å². The summed E-state index contributed by atoms with van der Waals surface area (Å²) in [6.45, 7) is 24.3. The van der Waals surface area contributed by atoms with Gasteiger partial charge in [-0.2, -0.15) is 0 Å². The molecule has 69 heavy (non-hydrogen) atoms. The third-order valence-electron chi connectivity index (χ3n) is 12.5. The van der Waals surface area contributed by atoms with Crippen molar-refractivity contribution in [3.8, 4) is 0 Å². The number of amides is 8. The lowest BCUT2D eigenvalue weighted by Gasteiger charge is -2.33. The lowest BCUT2D eigenvalue weighted by Crippen LogP contribution is -2.64. The van der Waals surface area contributed by atoms with Gasteiger partial charge >= 0.3 is 5.97 Å². The van der Waals surface area contributed by atoms with Gasteiger partial charge in [0.1, 0.15) is 54.1 Å². The molecule has 0 spiro atoms. The van der Waals surface area contributed by atoms with Gasteiger partial charge in [0.05, 0.1) is 0 Å². The number of benzene rings is 1. The van der Waals surface area contributed by atoms with Gasteiger partial charge < -0.3 is 47.3 Å². The summed E-state index contributed by atoms with van der Waals surface area (Å²) < 4.78 is 5.89. The zero-order valence-corrected chi connectivity index (χ0v) is 43.4. The summed E-state index contributed by atoms with van der Waals surface area (Å²) in [6, 6.07) is -0.0730. The maximum atomic E-state index is 14.7. The molecule has 1 aromatic rings. The molecular weight excluding hydrogens is 885 g/mol. The van der Waals surface area contributed by atoms with Crippen molar-refractivity contribution in [3.05, 3.63) is 47.7 Å². The van der Waals surface area contributed by atoms with E-state index in [0.717, 1.165) is 6.42 Å². The summed E-state index contributed by atoms with van der Waals surface area (Å²) in [6.07, 6.45) is 2.40. The van der Waals surface area contributed by atoms with Gasteiger partial charge in [-0.25, -0.2) is 4.79 Å². The molecule has 0 saturated carbocycles. The number of carbonyl (C=O) groups is 9. The quantitative estimate of drug-likeness (QED) is 0.0785. The Morgan fingerprint density at radius 1 is 0.696 bits per heavy atom. The fraction of sp³-hybridized carbons (Fsp3) is 0.667. The van der Waals surface area contributed by atoms with Crippen LogP contribution in [0.25, 0.3) is 0 Å². The summed E-state index contributed by atoms with van der Waals surface area (Å²) in [7, 11) is 0. The number of nitrogens with one attached hydrogen (secondary N) is 8. The van der Waals surface area contributed by atoms with Crippen molar-refractivity contribution < 1.29 is 47.9 Å². The second-order valence-corrected chi connectivity index (χ2v) is 19.8. The summed E-state index contributed by atoms with van der Waals surface area (Å²) in [5, 5.41) is 21.8. The first-order chi connectivity index (χ1) is 32.4. The van der Waals surface area contributed by atoms with Crippen LogP contribution in [0, 0.1) is 35.5 Å². The van der Waals surface area contributed by atoms with Crippen LogP contribution in [0.3, 0.4) is 0 Å². The summed E-state index contributed by atoms with van der Waals surface area (Å²) >= 11 is 0. The van der Waals surface area contributed by atoms with Crippen LogP contribution in [0.15, 0.2) is 42.1 Å². The topological polar surface area (TPSA) is 259 Å². The minimum absolute atomic E-state index is 0.0162. The molecule has 386 valence electrons. The monoisotopic (exact) mass is 967 g/mol. The molecule has 2 rings (SSSR count). The van der Waals surface area contributed by atoms with Gasteiger partial charge in [-0.3, -0.25) is 38.4 Å². The molecule has 0 aliphatic carbocycles. The lowest BCUT2D eigenvalue weighted by molar-refractivity contribution is -0.157. The number of allylic oxidation sites excluding steroid dienone is 1. The minimum Gasteiger partial charge on any atom is -0.458 e. The van der Waals surface area contributed by atoms with Crippen LogP contribution in [-0.2, 0) is 54.3 Å². The molecule has 1 aromatic carbocycles. The Kier molecular flexibility index (Phi) is 24.6. The largest absolute Gasteiger partial charge is 0.458 e. The maximum Gasteiger partial charge on any atom is 0.329 e. The molecule has 0 unspecified atom stereocenters. The van der Waals surface area contributed by atoms with Crippen molar-refractivity contribution in [2.75, 3.05) is 0 Å². The Morgan fingerprint density at radius 3 is 1.83 bits per heavy atom. The maximum absolute atomic E-state index is 14.7. The number of hydrogen-bond donors (Lipinski definition) is 8. The van der Waals surface area contributed by atoms with Gasteiger partial charge in [-0.1, -0.05) is 139 Å². The molecule has 0 radical (unpaired) electrons. The highest BCUT2D eigenvalue weighted by Crippen LogP contribution is 2.17. The van der Waals surface area contributed by atoms with Crippen LogP contribution in [-0.4, -0.2) is 102 Å². The van der Waals surface area contributed by atoms with E-state index in [9.17, 15) is 43.2 Å². The molecule has 10 atom stereocenters. The van der Waals surface area contributed by atoms with Gasteiger partial charge in [0.15, 0.2) is 0 Å². The molecule has 0 bridgehead atoms. The molecule has 1 saturated heterocycles. The average molecular weight is 967 g/mol. The van der Waals surface area contributed by atoms with E-state index in [2.05, 4.69) is 56.4 Å². The average Bonchev–Trinajstić information content (AvgIpc) is 3.29. The highest BCUT2D eigenvalue weighted by Gasteiger charge is 2.41. The Morgan fingerprint density at radius 2 is 1.29 bits per heavy atom. The van der Waals surface area contributed by atoms with Crippen molar-refractivity contribution >= 4 is 53.2 Å². The third kappa shape index (κ3) is 18.6. The van der Waals surface area contributed by atoms with Crippen molar-refractivity contribution in [3.63, 3.8) is 0 Å². The lowest BCUT2D eigenvalue weighted by atomic mass is 9.95. The standard InChI is InChI=1S/C51H82N8O10/c1-15-31(12)41-48(65)55-39(29(8)9)46(63)53-36(26-34-23-19-18-20-24-34)45(62)52-35(17-3)44(61)56-40(30(10)11)51(68)69-33(14)43(50(67)58-41)59-49(66)42(32(13)16-2)57-47(64)38(28(6)7)54-37(60)25-21-22-27(4)5/h17-20,23-24,27-33,36,38-43H,15-16,21-22,25-26H2,1-14H3,(H,52,62)(H,53,63)(H,54,60)(H,55,65)(H,56,61)(H,57,64)(H,58,67)(H,59,66)/b35-17-/t31-,32-,33+,36-,38+,39+,40-,41+,42+,43+/m0/s1. The predicted octanol–water partition coefficient (Wildman–Crippen LogP) is 3.47. The molecule has 1 fully saturated rings. The fourth-order valence-electron chi connectivity index (χ4n) is 7.60. The van der Waals surface area contributed by atoms with Crippen molar-refractivity contribution in [2.24, 2.45) is 35.5 Å². The van der Waals surface area contributed by atoms with Crippen molar-refractivity contribution in [1.29, 1.82) is 0 Å². The van der Waals surface area contributed by atoms with Crippen molar-refractivity contribution in [1.82, 2.24) is 42.5 Å². The van der Waals surface area contributed by atoms with E-state index in [1.807, 2.05) is 6.92 Å². The smallest absolute Gasteiger partial charge is 0.329 e. The third-order valence-corrected chi connectivity index (χ3v) is 12.5. The number of esters is 1. The van der Waals surface area contributed by atoms with Gasteiger partial charge in [-0.15, -0.1) is 0 Å². The van der Waals surface area contributed by atoms with E-state index in [1.54, 1.807) is 92.6 Å². The SMILES string of the molecule is C/C=C1\NC(=O)[C@H](Cc2ccccc2)NC(=O)[C@@H](C(C)C)NC(=O)[C@@H]([C@@H](C)CC)NC(=O)[C@H](NC(=O)[C@H](NC(=O)[C@H](NC(=O)CCCC(C)C)C(C)C)[C@@H](C)CC)[C@@H](C)OC(=O)[C@H](C(C)C)NC1=O. The molecule has 0 aromatic heterocycles. The van der Waals surface area contributed by atoms with Crippen LogP contribution in [0.5, 0.6) is 0 Å². The summed E-state index contributed by atoms with van der Waals surface area (Å²) in [5.74, 6) is -8.73. The molecule has 1 heterocycles. The van der Waals surface area contributed by atoms with Crippen LogP contribution >= 0.6 is 0 Å². The van der Waals surface area contributed by atoms with Gasteiger partial charge in [0.2, 0.25) is 41.4 Å². The van der Waals surface area contributed by atoms with Crippen LogP contribution in [0.2, 0.25) is 0 Å². The number of rotatable bonds is 18. The van der Waals surface area contributed by atoms with E-state index in [4.69, 9.17) is 4.74 Å². The highest BCUT2D eigenvalue weighted by molar-refractivity contribution is 6.02. The molecule has 8 N–H and O–H groups in total. The van der Waals surface area contributed by atoms with E-state index in [1.165, 1.54) is 19.9 Å². The van der Waals surface area contributed by atoms with E-state index >= 15 is 0 Å². The predicted molar refractivity (Wildman–Crippen MR) is 263 cm³/mol. The normalized spacial score (nSPS) is 23.8. The van der Waals surface area contributed by atoms with E-state index in [0.29, 0.717) is 30.7 Å². The Hall–Kier alpha value is -5.81. The molecule has 1 aliphatic heterocycles. The van der Waals surface area contributed by atoms with Crippen LogP contribution in [0.4, 0.5) is 0 Å². The first kappa shape index (κ1) is 59.3.